The maximum absolute atomic E-state index is 13.1. The molecular formula is C84H162N2O6P+. The van der Waals surface area contributed by atoms with E-state index >= 15 is 0 Å². The number of quaternary nitrogens is 1. The molecular weight excluding hydrogens is 1160 g/mol. The number of amides is 1. The zero-order chi connectivity index (χ0) is 67.6. The molecule has 0 saturated heterocycles. The number of aliphatic hydroxyl groups is 1. The average molecular weight is 1330 g/mol. The van der Waals surface area contributed by atoms with Gasteiger partial charge in [0, 0.05) is 6.42 Å². The lowest BCUT2D eigenvalue weighted by Gasteiger charge is -2.26. The molecule has 0 aliphatic rings. The number of rotatable bonds is 77. The van der Waals surface area contributed by atoms with E-state index in [1.54, 1.807) is 0 Å². The van der Waals surface area contributed by atoms with Gasteiger partial charge in [0.15, 0.2) is 0 Å². The molecule has 0 rings (SSSR count). The Morgan fingerprint density at radius 3 is 0.946 bits per heavy atom. The van der Waals surface area contributed by atoms with Crippen molar-refractivity contribution < 1.29 is 32.9 Å². The van der Waals surface area contributed by atoms with Crippen LogP contribution >= 0.6 is 7.82 Å². The van der Waals surface area contributed by atoms with Crippen molar-refractivity contribution in [3.8, 4) is 0 Å². The van der Waals surface area contributed by atoms with Crippen molar-refractivity contribution >= 4 is 13.7 Å². The summed E-state index contributed by atoms with van der Waals surface area (Å²) in [6.07, 6.45) is 104. The minimum atomic E-state index is -4.33. The SMILES string of the molecule is CC/C=C\C/C=C\C/C=C\C/C=C\C/C=C\CCCCCCCCCCCCCCCCCCCCCCCCCCCC(=O)NC(COP(=O)(O)OCC[N+](C)(C)C)C(O)CCCCCCCCCCCCCCCCCCCCCCCCCCCCCCCC. The molecule has 0 bridgehead atoms. The van der Waals surface area contributed by atoms with E-state index in [0.717, 1.165) is 70.6 Å². The number of hydrogen-bond donors (Lipinski definition) is 3. The van der Waals surface area contributed by atoms with Gasteiger partial charge in [0.1, 0.15) is 13.2 Å². The van der Waals surface area contributed by atoms with Crippen molar-refractivity contribution in [2.24, 2.45) is 0 Å². The van der Waals surface area contributed by atoms with Crippen LogP contribution in [0, 0.1) is 0 Å². The third-order valence-corrected chi connectivity index (χ3v) is 20.0. The highest BCUT2D eigenvalue weighted by Crippen LogP contribution is 2.43. The van der Waals surface area contributed by atoms with Gasteiger partial charge in [-0.3, -0.25) is 13.8 Å². The zero-order valence-electron chi connectivity index (χ0n) is 63.0. The van der Waals surface area contributed by atoms with Crippen LogP contribution < -0.4 is 5.32 Å². The third-order valence-electron chi connectivity index (χ3n) is 19.0. The maximum Gasteiger partial charge on any atom is 0.472 e. The second-order valence-corrected chi connectivity index (χ2v) is 30.9. The molecule has 93 heavy (non-hydrogen) atoms. The Bertz CT molecular complexity index is 1710. The van der Waals surface area contributed by atoms with Gasteiger partial charge in [0.2, 0.25) is 5.91 Å². The van der Waals surface area contributed by atoms with Crippen LogP contribution in [0.1, 0.15) is 418 Å². The summed E-state index contributed by atoms with van der Waals surface area (Å²) in [6.45, 7) is 4.84. The summed E-state index contributed by atoms with van der Waals surface area (Å²) in [5.74, 6) is -0.135. The Morgan fingerprint density at radius 2 is 0.645 bits per heavy atom. The summed E-state index contributed by atoms with van der Waals surface area (Å²) >= 11 is 0. The molecule has 0 aromatic carbocycles. The molecule has 3 unspecified atom stereocenters. The van der Waals surface area contributed by atoms with Gasteiger partial charge < -0.3 is 19.8 Å². The summed E-state index contributed by atoms with van der Waals surface area (Å²) in [6, 6.07) is -0.762. The lowest BCUT2D eigenvalue weighted by atomic mass is 10.0. The third kappa shape index (κ3) is 77.4. The molecule has 0 aliphatic carbocycles. The number of nitrogens with one attached hydrogen (secondary N) is 1. The van der Waals surface area contributed by atoms with E-state index in [1.807, 2.05) is 21.1 Å². The molecule has 0 heterocycles. The van der Waals surface area contributed by atoms with E-state index in [2.05, 4.69) is 79.9 Å². The first kappa shape index (κ1) is 91.2. The van der Waals surface area contributed by atoms with Crippen LogP contribution in [0.5, 0.6) is 0 Å². The number of hydrogen-bond acceptors (Lipinski definition) is 5. The minimum absolute atomic E-state index is 0.0768. The van der Waals surface area contributed by atoms with Crippen molar-refractivity contribution in [3.05, 3.63) is 60.8 Å². The Labute approximate surface area is 581 Å². The Hall–Kier alpha value is -1.80. The first-order valence-electron chi connectivity index (χ1n) is 41.2. The molecule has 3 atom stereocenters. The number of unbranched alkanes of at least 4 members (excludes halogenated alkanes) is 54. The number of phosphoric ester groups is 1. The molecule has 0 aromatic heterocycles. The van der Waals surface area contributed by atoms with Crippen LogP contribution in [0.2, 0.25) is 0 Å². The van der Waals surface area contributed by atoms with Gasteiger partial charge in [-0.2, -0.15) is 0 Å². The lowest BCUT2D eigenvalue weighted by Crippen LogP contribution is -2.46. The van der Waals surface area contributed by atoms with E-state index in [4.69, 9.17) is 9.05 Å². The predicted molar refractivity (Wildman–Crippen MR) is 410 cm³/mol. The van der Waals surface area contributed by atoms with Gasteiger partial charge in [-0.15, -0.1) is 0 Å². The van der Waals surface area contributed by atoms with Gasteiger partial charge in [0.25, 0.3) is 0 Å². The second-order valence-electron chi connectivity index (χ2n) is 29.5. The summed E-state index contributed by atoms with van der Waals surface area (Å²) in [5, 5.41) is 14.2. The van der Waals surface area contributed by atoms with Gasteiger partial charge in [0.05, 0.1) is 39.9 Å². The topological polar surface area (TPSA) is 105 Å². The molecule has 0 aliphatic heterocycles. The molecule has 0 radical (unpaired) electrons. The zero-order valence-corrected chi connectivity index (χ0v) is 63.9. The fraction of sp³-hybridized carbons (Fsp3) is 0.869. The summed E-state index contributed by atoms with van der Waals surface area (Å²) < 4.78 is 24.0. The normalized spacial score (nSPS) is 13.8. The molecule has 0 spiro atoms. The largest absolute Gasteiger partial charge is 0.472 e. The van der Waals surface area contributed by atoms with Gasteiger partial charge >= 0.3 is 7.82 Å². The monoisotopic (exact) mass is 1330 g/mol. The number of carbonyl (C=O) groups is 1. The molecule has 0 saturated carbocycles. The molecule has 548 valence electrons. The predicted octanol–water partition coefficient (Wildman–Crippen LogP) is 27.1. The molecule has 1 amide bonds. The number of likely N-dealkylation sites (N-methyl/N-ethyl adjacent to an activating group) is 1. The highest BCUT2D eigenvalue weighted by Gasteiger charge is 2.28. The van der Waals surface area contributed by atoms with E-state index in [9.17, 15) is 19.4 Å². The Kier molecular flexibility index (Phi) is 73.0. The van der Waals surface area contributed by atoms with Crippen molar-refractivity contribution in [1.82, 2.24) is 5.32 Å². The van der Waals surface area contributed by atoms with Crippen molar-refractivity contribution in [1.29, 1.82) is 0 Å². The molecule has 9 heteroatoms. The quantitative estimate of drug-likeness (QED) is 0.0243. The fourth-order valence-corrected chi connectivity index (χ4v) is 13.5. The maximum atomic E-state index is 13.1. The van der Waals surface area contributed by atoms with Crippen LogP contribution in [0.15, 0.2) is 60.8 Å². The number of allylic oxidation sites excluding steroid dienone is 10. The molecule has 8 nitrogen and oxygen atoms in total. The molecule has 0 fully saturated rings. The van der Waals surface area contributed by atoms with E-state index in [1.165, 1.54) is 321 Å². The summed E-state index contributed by atoms with van der Waals surface area (Å²) in [5.41, 5.74) is 0. The first-order chi connectivity index (χ1) is 45.5. The van der Waals surface area contributed by atoms with Crippen LogP contribution in [-0.2, 0) is 18.4 Å². The Balaban J connectivity index is 3.88. The number of aliphatic hydroxyl groups excluding tert-OH is 1. The van der Waals surface area contributed by atoms with Gasteiger partial charge in [-0.05, 0) is 57.8 Å². The van der Waals surface area contributed by atoms with Gasteiger partial charge in [-0.1, -0.05) is 415 Å². The number of phosphoric acid groups is 1. The first-order valence-corrected chi connectivity index (χ1v) is 42.6. The number of carbonyl (C=O) groups excluding carboxylic acids is 1. The van der Waals surface area contributed by atoms with Crippen LogP contribution in [0.25, 0.3) is 0 Å². The highest BCUT2D eigenvalue weighted by atomic mass is 31.2. The van der Waals surface area contributed by atoms with E-state index in [-0.39, 0.29) is 19.1 Å². The summed E-state index contributed by atoms with van der Waals surface area (Å²) in [7, 11) is 1.64. The smallest absolute Gasteiger partial charge is 0.391 e. The lowest BCUT2D eigenvalue weighted by molar-refractivity contribution is -0.870. The Morgan fingerprint density at radius 1 is 0.376 bits per heavy atom. The standard InChI is InChI=1S/C84H161N2O6P/c1-6-8-10-12-14-16-18-20-22-24-26-28-30-32-34-36-38-39-40-41-42-43-44-45-46-47-48-50-52-54-56-58-60-62-64-66-68-70-72-74-76-78-84(88)85-82(81-92-93(89,90)91-80-79-86(3,4)5)83(87)77-75-73-71-69-67-65-63-61-59-57-55-53-51-49-37-35-33-31-29-27-25-23-21-19-17-15-13-11-9-7-2/h8,10,14,16,20,22,26,28,32,34,82-83,87H,6-7,9,11-13,15,17-19,21,23-25,27,29-31,33,35-81H2,1-5H3,(H-,85,88,89,90)/p+1/b10-8-,16-14-,22-20-,28-26-,34-32-. The fourth-order valence-electron chi connectivity index (χ4n) is 12.7. The molecule has 0 aromatic rings. The van der Waals surface area contributed by atoms with Crippen molar-refractivity contribution in [2.45, 2.75) is 431 Å². The van der Waals surface area contributed by atoms with Crippen LogP contribution in [-0.4, -0.2) is 73.4 Å². The minimum Gasteiger partial charge on any atom is -0.391 e. The van der Waals surface area contributed by atoms with Crippen molar-refractivity contribution in [2.75, 3.05) is 40.9 Å². The number of nitrogens with zero attached hydrogens (tertiary/aromatic N) is 1. The average Bonchev–Trinajstić information content (AvgIpc) is 2.75. The van der Waals surface area contributed by atoms with E-state index in [0.29, 0.717) is 23.9 Å². The van der Waals surface area contributed by atoms with E-state index < -0.39 is 20.0 Å². The van der Waals surface area contributed by atoms with Gasteiger partial charge in [-0.25, -0.2) is 4.57 Å². The highest BCUT2D eigenvalue weighted by molar-refractivity contribution is 7.47. The second kappa shape index (κ2) is 74.4. The summed E-state index contributed by atoms with van der Waals surface area (Å²) in [4.78, 5) is 23.5. The van der Waals surface area contributed by atoms with Crippen LogP contribution in [0.3, 0.4) is 0 Å². The van der Waals surface area contributed by atoms with Crippen molar-refractivity contribution in [3.63, 3.8) is 0 Å². The van der Waals surface area contributed by atoms with Crippen LogP contribution in [0.4, 0.5) is 0 Å². The molecule has 3 N–H and O–H groups in total.